The van der Waals surface area contributed by atoms with Gasteiger partial charge in [-0.2, -0.15) is 0 Å². The number of nitrogens with zero attached hydrogens (tertiary/aromatic N) is 1. The molecule has 0 aromatic heterocycles. The van der Waals surface area contributed by atoms with Crippen molar-refractivity contribution in [3.8, 4) is 0 Å². The topological polar surface area (TPSA) is 103 Å². The Morgan fingerprint density at radius 3 is 2.62 bits per heavy atom. The number of para-hydroxylation sites is 1. The van der Waals surface area contributed by atoms with E-state index in [1.165, 1.54) is 24.3 Å². The first-order valence-corrected chi connectivity index (χ1v) is 8.65. The second-order valence-electron chi connectivity index (χ2n) is 5.56. The van der Waals surface area contributed by atoms with E-state index in [9.17, 15) is 18.5 Å². The highest BCUT2D eigenvalue weighted by atomic mass is 32.2. The molecule has 1 fully saturated rings. The molecule has 1 aromatic rings. The third-order valence-electron chi connectivity index (χ3n) is 4.30. The van der Waals surface area contributed by atoms with Crippen LogP contribution in [0.3, 0.4) is 0 Å². The fourth-order valence-corrected chi connectivity index (χ4v) is 5.12. The molecule has 1 aliphatic carbocycles. The molecule has 1 aliphatic rings. The Bertz CT molecular complexity index is 630. The summed E-state index contributed by atoms with van der Waals surface area (Å²) >= 11 is 0. The van der Waals surface area contributed by atoms with E-state index in [0.717, 1.165) is 12.8 Å². The third-order valence-corrected chi connectivity index (χ3v) is 6.59. The lowest BCUT2D eigenvalue weighted by Crippen LogP contribution is -2.45. The number of hydrogen-bond acceptors (Lipinski definition) is 5. The molecule has 7 heteroatoms. The van der Waals surface area contributed by atoms with Gasteiger partial charge in [0.1, 0.15) is 4.90 Å². The highest BCUT2D eigenvalue weighted by molar-refractivity contribution is 7.92. The summed E-state index contributed by atoms with van der Waals surface area (Å²) in [5, 5.41) is 10.3. The van der Waals surface area contributed by atoms with E-state index in [4.69, 9.17) is 5.73 Å². The fraction of sp³-hybridized carbons (Fsp3) is 0.571. The van der Waals surface area contributed by atoms with Gasteiger partial charge in [0.15, 0.2) is 9.84 Å². The van der Waals surface area contributed by atoms with Crippen molar-refractivity contribution in [2.45, 2.75) is 48.8 Å². The van der Waals surface area contributed by atoms with Crippen molar-refractivity contribution < 1.29 is 13.3 Å². The van der Waals surface area contributed by atoms with Gasteiger partial charge in [-0.25, -0.2) is 8.42 Å². The highest BCUT2D eigenvalue weighted by Gasteiger charge is 2.40. The van der Waals surface area contributed by atoms with E-state index >= 15 is 0 Å². The van der Waals surface area contributed by atoms with Crippen molar-refractivity contribution in [2.24, 2.45) is 11.7 Å². The average molecular weight is 312 g/mol. The van der Waals surface area contributed by atoms with Crippen LogP contribution in [0.25, 0.3) is 0 Å². The molecule has 2 rings (SSSR count). The molecule has 1 aromatic carbocycles. The summed E-state index contributed by atoms with van der Waals surface area (Å²) in [7, 11) is -3.80. The van der Waals surface area contributed by atoms with Gasteiger partial charge >= 0.3 is 0 Å². The normalized spacial score (nSPS) is 26.5. The van der Waals surface area contributed by atoms with Crippen LogP contribution in [0, 0.1) is 16.0 Å². The van der Waals surface area contributed by atoms with E-state index in [1.54, 1.807) is 0 Å². The number of sulfone groups is 1. The van der Waals surface area contributed by atoms with Gasteiger partial charge in [-0.15, -0.1) is 0 Å². The molecule has 0 radical (unpaired) electrons. The molecule has 0 heterocycles. The van der Waals surface area contributed by atoms with Gasteiger partial charge in [0.2, 0.25) is 0 Å². The standard InChI is InChI=1S/C14H20N2O4S/c1-2-10-7-8-11(15)14(9-10)21(19,20)13-6-4-3-5-12(13)16(17)18/h3-6,10-11,14H,2,7-9,15H2,1H3. The van der Waals surface area contributed by atoms with E-state index < -0.39 is 26.1 Å². The van der Waals surface area contributed by atoms with Gasteiger partial charge < -0.3 is 5.73 Å². The smallest absolute Gasteiger partial charge is 0.287 e. The Kier molecular flexibility index (Phi) is 4.63. The van der Waals surface area contributed by atoms with Crippen LogP contribution in [0.15, 0.2) is 29.2 Å². The maximum absolute atomic E-state index is 12.8. The van der Waals surface area contributed by atoms with Crippen molar-refractivity contribution in [1.82, 2.24) is 0 Å². The van der Waals surface area contributed by atoms with Crippen LogP contribution in [0.1, 0.15) is 32.6 Å². The summed E-state index contributed by atoms with van der Waals surface area (Å²) in [6.45, 7) is 2.02. The van der Waals surface area contributed by atoms with Crippen LogP contribution < -0.4 is 5.73 Å². The molecule has 1 saturated carbocycles. The zero-order valence-corrected chi connectivity index (χ0v) is 12.8. The second kappa shape index (κ2) is 6.11. The van der Waals surface area contributed by atoms with Crippen molar-refractivity contribution in [3.63, 3.8) is 0 Å². The molecule has 2 N–H and O–H groups in total. The first kappa shape index (κ1) is 15.9. The van der Waals surface area contributed by atoms with Crippen LogP contribution in [0.4, 0.5) is 5.69 Å². The third kappa shape index (κ3) is 3.08. The molecule has 3 atom stereocenters. The quantitative estimate of drug-likeness (QED) is 0.678. The molecular weight excluding hydrogens is 292 g/mol. The summed E-state index contributed by atoms with van der Waals surface area (Å²) in [6.07, 6.45) is 2.94. The van der Waals surface area contributed by atoms with Crippen LogP contribution in [0.5, 0.6) is 0 Å². The predicted octanol–water partition coefficient (Wildman–Crippen LogP) is 2.27. The SMILES string of the molecule is CCC1CCC(N)C(S(=O)(=O)c2ccccc2[N+](=O)[O-])C1. The maximum Gasteiger partial charge on any atom is 0.287 e. The van der Waals surface area contributed by atoms with Gasteiger partial charge in [-0.3, -0.25) is 10.1 Å². The second-order valence-corrected chi connectivity index (χ2v) is 7.69. The van der Waals surface area contributed by atoms with Gasteiger partial charge in [0.25, 0.3) is 5.69 Å². The predicted molar refractivity (Wildman–Crippen MR) is 79.7 cm³/mol. The summed E-state index contributed by atoms with van der Waals surface area (Å²) in [5.74, 6) is 0.312. The fourth-order valence-electron chi connectivity index (χ4n) is 2.97. The Morgan fingerprint density at radius 1 is 1.33 bits per heavy atom. The van der Waals surface area contributed by atoms with E-state index in [-0.39, 0.29) is 10.6 Å². The molecule has 3 unspecified atom stereocenters. The molecule has 21 heavy (non-hydrogen) atoms. The van der Waals surface area contributed by atoms with Gasteiger partial charge in [-0.05, 0) is 31.2 Å². The number of nitro benzene ring substituents is 1. The molecule has 0 amide bonds. The van der Waals surface area contributed by atoms with E-state index in [2.05, 4.69) is 0 Å². The van der Waals surface area contributed by atoms with Gasteiger partial charge in [-0.1, -0.05) is 25.5 Å². The van der Waals surface area contributed by atoms with Crippen molar-refractivity contribution in [2.75, 3.05) is 0 Å². The lowest BCUT2D eigenvalue weighted by Gasteiger charge is -2.33. The maximum atomic E-state index is 12.8. The lowest BCUT2D eigenvalue weighted by atomic mass is 9.84. The zero-order chi connectivity index (χ0) is 15.6. The van der Waals surface area contributed by atoms with Crippen LogP contribution in [-0.2, 0) is 9.84 Å². The Balaban J connectivity index is 2.44. The Morgan fingerprint density at radius 2 is 2.00 bits per heavy atom. The average Bonchev–Trinajstić information content (AvgIpc) is 2.47. The molecule has 0 aliphatic heterocycles. The van der Waals surface area contributed by atoms with Crippen LogP contribution in [-0.4, -0.2) is 24.6 Å². The lowest BCUT2D eigenvalue weighted by molar-refractivity contribution is -0.387. The minimum Gasteiger partial charge on any atom is -0.327 e. The molecule has 116 valence electrons. The molecule has 0 spiro atoms. The number of benzene rings is 1. The van der Waals surface area contributed by atoms with Crippen LogP contribution >= 0.6 is 0 Å². The summed E-state index contributed by atoms with van der Waals surface area (Å²) in [5.41, 5.74) is 5.62. The summed E-state index contributed by atoms with van der Waals surface area (Å²) < 4.78 is 25.6. The Hall–Kier alpha value is -1.47. The molecule has 0 bridgehead atoms. The van der Waals surface area contributed by atoms with E-state index in [0.29, 0.717) is 18.8 Å². The molecule has 6 nitrogen and oxygen atoms in total. The van der Waals surface area contributed by atoms with Gasteiger partial charge in [0, 0.05) is 12.1 Å². The van der Waals surface area contributed by atoms with Gasteiger partial charge in [0.05, 0.1) is 10.2 Å². The molecule has 0 saturated heterocycles. The number of rotatable bonds is 4. The monoisotopic (exact) mass is 312 g/mol. The first-order chi connectivity index (χ1) is 9.87. The van der Waals surface area contributed by atoms with Crippen molar-refractivity contribution in [1.29, 1.82) is 0 Å². The summed E-state index contributed by atoms with van der Waals surface area (Å²) in [6, 6.07) is 5.03. The summed E-state index contributed by atoms with van der Waals surface area (Å²) in [4.78, 5) is 10.2. The minimum absolute atomic E-state index is 0.216. The molecular formula is C14H20N2O4S. The Labute approximate surface area is 124 Å². The van der Waals surface area contributed by atoms with Crippen molar-refractivity contribution in [3.05, 3.63) is 34.4 Å². The van der Waals surface area contributed by atoms with Crippen LogP contribution in [0.2, 0.25) is 0 Å². The van der Waals surface area contributed by atoms with E-state index in [1.807, 2.05) is 6.92 Å². The number of hydrogen-bond donors (Lipinski definition) is 1. The minimum atomic E-state index is -3.80. The largest absolute Gasteiger partial charge is 0.327 e. The zero-order valence-electron chi connectivity index (χ0n) is 11.9. The number of nitrogens with two attached hydrogens (primary N) is 1. The number of nitro groups is 1. The first-order valence-electron chi connectivity index (χ1n) is 7.10. The van der Waals surface area contributed by atoms with Crippen molar-refractivity contribution >= 4 is 15.5 Å². The highest BCUT2D eigenvalue weighted by Crippen LogP contribution is 2.35.